The second-order valence-electron chi connectivity index (χ2n) is 9.14. The van der Waals surface area contributed by atoms with E-state index >= 15 is 0 Å². The fraction of sp³-hybridized carbons (Fsp3) is 0.963. The van der Waals surface area contributed by atoms with Crippen LogP contribution in [-0.4, -0.2) is 23.9 Å². The Morgan fingerprint density at radius 3 is 1.14 bits per heavy atom. The molecule has 0 N–H and O–H groups in total. The minimum Gasteiger partial charge on any atom is -0.343 e. The van der Waals surface area contributed by atoms with E-state index in [-0.39, 0.29) is 0 Å². The molecule has 0 radical (unpaired) electrons. The summed E-state index contributed by atoms with van der Waals surface area (Å²) in [6, 6.07) is 0. The lowest BCUT2D eigenvalue weighted by molar-refractivity contribution is -0.131. The highest BCUT2D eigenvalue weighted by molar-refractivity contribution is 5.76. The molecule has 0 saturated heterocycles. The van der Waals surface area contributed by atoms with E-state index in [1.807, 2.05) is 0 Å². The Balaban J connectivity index is 3.73. The van der Waals surface area contributed by atoms with Crippen LogP contribution in [0.1, 0.15) is 156 Å². The van der Waals surface area contributed by atoms with E-state index in [4.69, 9.17) is 0 Å². The van der Waals surface area contributed by atoms with Crippen molar-refractivity contribution >= 4 is 5.91 Å². The topological polar surface area (TPSA) is 20.3 Å². The number of hydrogen-bond donors (Lipinski definition) is 0. The Hall–Kier alpha value is -0.530. The highest BCUT2D eigenvalue weighted by atomic mass is 16.2. The second kappa shape index (κ2) is 23.7. The molecule has 2 nitrogen and oxygen atoms in total. The first kappa shape index (κ1) is 28.5. The number of amides is 1. The van der Waals surface area contributed by atoms with E-state index in [0.29, 0.717) is 5.91 Å². The van der Waals surface area contributed by atoms with Crippen molar-refractivity contribution in [2.75, 3.05) is 13.1 Å². The van der Waals surface area contributed by atoms with Gasteiger partial charge in [-0.05, 0) is 19.3 Å². The normalized spacial score (nSPS) is 11.1. The molecule has 1 amide bonds. The summed E-state index contributed by atoms with van der Waals surface area (Å²) in [5.74, 6) is 0.421. The average Bonchev–Trinajstić information content (AvgIpc) is 2.73. The van der Waals surface area contributed by atoms with Gasteiger partial charge in [0.15, 0.2) is 0 Å². The fourth-order valence-electron chi connectivity index (χ4n) is 4.10. The molecule has 0 aromatic carbocycles. The van der Waals surface area contributed by atoms with E-state index in [0.717, 1.165) is 25.9 Å². The molecule has 0 aromatic rings. The van der Waals surface area contributed by atoms with Gasteiger partial charge in [0.25, 0.3) is 0 Å². The molecule has 0 aliphatic heterocycles. The van der Waals surface area contributed by atoms with Crippen molar-refractivity contribution in [2.45, 2.75) is 156 Å². The van der Waals surface area contributed by atoms with Crippen LogP contribution in [0.5, 0.6) is 0 Å². The molecule has 29 heavy (non-hydrogen) atoms. The van der Waals surface area contributed by atoms with Crippen molar-refractivity contribution < 1.29 is 4.79 Å². The maximum atomic E-state index is 12.7. The molecule has 0 unspecified atom stereocenters. The number of hydrogen-bond acceptors (Lipinski definition) is 1. The minimum atomic E-state index is 0.421. The number of carbonyl (C=O) groups excluding carboxylic acids is 1. The molecule has 2 heteroatoms. The quantitative estimate of drug-likeness (QED) is 0.154. The zero-order chi connectivity index (χ0) is 21.4. The van der Waals surface area contributed by atoms with Crippen molar-refractivity contribution in [1.29, 1.82) is 0 Å². The smallest absolute Gasteiger partial charge is 0.222 e. The Morgan fingerprint density at radius 1 is 0.448 bits per heavy atom. The average molecular weight is 410 g/mol. The molecule has 0 aromatic heterocycles. The Labute approximate surface area is 184 Å². The largest absolute Gasteiger partial charge is 0.343 e. The predicted molar refractivity (Wildman–Crippen MR) is 131 cm³/mol. The zero-order valence-electron chi connectivity index (χ0n) is 20.6. The molecule has 0 saturated carbocycles. The SMILES string of the molecule is CCCCCCCCCCCCCCC(=O)N(CCCCCC)CCCCCC. The highest BCUT2D eigenvalue weighted by Crippen LogP contribution is 2.14. The van der Waals surface area contributed by atoms with Gasteiger partial charge in [0.1, 0.15) is 0 Å². The van der Waals surface area contributed by atoms with Crippen molar-refractivity contribution in [3.05, 3.63) is 0 Å². The summed E-state index contributed by atoms with van der Waals surface area (Å²) in [5, 5.41) is 0. The van der Waals surface area contributed by atoms with Crippen LogP contribution in [0.25, 0.3) is 0 Å². The molecule has 0 rings (SSSR count). The first-order valence-electron chi connectivity index (χ1n) is 13.5. The van der Waals surface area contributed by atoms with Gasteiger partial charge in [-0.3, -0.25) is 4.79 Å². The summed E-state index contributed by atoms with van der Waals surface area (Å²) >= 11 is 0. The van der Waals surface area contributed by atoms with E-state index in [1.54, 1.807) is 0 Å². The van der Waals surface area contributed by atoms with Crippen molar-refractivity contribution in [2.24, 2.45) is 0 Å². The van der Waals surface area contributed by atoms with Gasteiger partial charge < -0.3 is 4.90 Å². The van der Waals surface area contributed by atoms with Gasteiger partial charge in [0, 0.05) is 19.5 Å². The summed E-state index contributed by atoms with van der Waals surface area (Å²) in [6.45, 7) is 8.77. The Morgan fingerprint density at radius 2 is 0.759 bits per heavy atom. The van der Waals surface area contributed by atoms with E-state index < -0.39 is 0 Å². The predicted octanol–water partition coefficient (Wildman–Crippen LogP) is 9.07. The molecule has 174 valence electrons. The van der Waals surface area contributed by atoms with Gasteiger partial charge in [-0.15, -0.1) is 0 Å². The van der Waals surface area contributed by atoms with Gasteiger partial charge in [-0.1, -0.05) is 130 Å². The first-order chi connectivity index (χ1) is 14.3. The van der Waals surface area contributed by atoms with Crippen molar-refractivity contribution in [3.8, 4) is 0 Å². The first-order valence-corrected chi connectivity index (χ1v) is 13.5. The summed E-state index contributed by atoms with van der Waals surface area (Å²) in [7, 11) is 0. The van der Waals surface area contributed by atoms with Crippen LogP contribution in [0, 0.1) is 0 Å². The molecular formula is C27H55NO. The van der Waals surface area contributed by atoms with Gasteiger partial charge in [-0.2, -0.15) is 0 Å². The summed E-state index contributed by atoms with van der Waals surface area (Å²) < 4.78 is 0. The summed E-state index contributed by atoms with van der Waals surface area (Å²) in [4.78, 5) is 14.9. The van der Waals surface area contributed by atoms with Crippen molar-refractivity contribution in [1.82, 2.24) is 4.90 Å². The maximum Gasteiger partial charge on any atom is 0.222 e. The molecular weight excluding hydrogens is 354 g/mol. The maximum absolute atomic E-state index is 12.7. The van der Waals surface area contributed by atoms with Gasteiger partial charge in [-0.25, -0.2) is 0 Å². The third-order valence-corrected chi connectivity index (χ3v) is 6.16. The second-order valence-corrected chi connectivity index (χ2v) is 9.14. The van der Waals surface area contributed by atoms with Gasteiger partial charge >= 0.3 is 0 Å². The fourth-order valence-corrected chi connectivity index (χ4v) is 4.10. The van der Waals surface area contributed by atoms with Crippen LogP contribution in [0.2, 0.25) is 0 Å². The lowest BCUT2D eigenvalue weighted by Crippen LogP contribution is -2.32. The number of nitrogens with zero attached hydrogens (tertiary/aromatic N) is 1. The van der Waals surface area contributed by atoms with Gasteiger partial charge in [0.05, 0.1) is 0 Å². The number of carbonyl (C=O) groups is 1. The molecule has 0 aliphatic carbocycles. The Kier molecular flexibility index (Phi) is 23.3. The summed E-state index contributed by atoms with van der Waals surface area (Å²) in [5.41, 5.74) is 0. The number of unbranched alkanes of at least 4 members (excludes halogenated alkanes) is 17. The molecule has 0 bridgehead atoms. The number of rotatable bonds is 23. The van der Waals surface area contributed by atoms with Crippen molar-refractivity contribution in [3.63, 3.8) is 0 Å². The Bertz CT molecular complexity index is 316. The monoisotopic (exact) mass is 409 g/mol. The molecule has 0 spiro atoms. The standard InChI is InChI=1S/C27H55NO/c1-4-7-10-13-14-15-16-17-18-19-20-21-24-27(29)28(25-22-11-8-5-2)26-23-12-9-6-3/h4-26H2,1-3H3. The summed E-state index contributed by atoms with van der Waals surface area (Å²) in [6.07, 6.45) is 27.1. The lowest BCUT2D eigenvalue weighted by Gasteiger charge is -2.23. The van der Waals surface area contributed by atoms with E-state index in [1.165, 1.54) is 122 Å². The van der Waals surface area contributed by atoms with Crippen LogP contribution in [0.15, 0.2) is 0 Å². The highest BCUT2D eigenvalue weighted by Gasteiger charge is 2.12. The van der Waals surface area contributed by atoms with Crippen LogP contribution < -0.4 is 0 Å². The molecule has 0 atom stereocenters. The third kappa shape index (κ3) is 20.5. The van der Waals surface area contributed by atoms with Crippen LogP contribution in [0.3, 0.4) is 0 Å². The minimum absolute atomic E-state index is 0.421. The van der Waals surface area contributed by atoms with Gasteiger partial charge in [0.2, 0.25) is 5.91 Å². The van der Waals surface area contributed by atoms with Crippen LogP contribution >= 0.6 is 0 Å². The van der Waals surface area contributed by atoms with Crippen LogP contribution in [-0.2, 0) is 4.79 Å². The van der Waals surface area contributed by atoms with E-state index in [9.17, 15) is 4.79 Å². The lowest BCUT2D eigenvalue weighted by atomic mass is 10.0. The van der Waals surface area contributed by atoms with Crippen LogP contribution in [0.4, 0.5) is 0 Å². The third-order valence-electron chi connectivity index (χ3n) is 6.16. The molecule has 0 aliphatic rings. The van der Waals surface area contributed by atoms with E-state index in [2.05, 4.69) is 25.7 Å². The zero-order valence-corrected chi connectivity index (χ0v) is 20.6. The molecule has 0 heterocycles. The molecule has 0 fully saturated rings.